The summed E-state index contributed by atoms with van der Waals surface area (Å²) in [5.74, 6) is -0.533. The first-order valence-corrected chi connectivity index (χ1v) is 12.2. The first kappa shape index (κ1) is 22.8. The van der Waals surface area contributed by atoms with Gasteiger partial charge in [-0.25, -0.2) is 17.5 Å². The van der Waals surface area contributed by atoms with Crippen molar-refractivity contribution < 1.29 is 27.4 Å². The Morgan fingerprint density at radius 1 is 1.12 bits per heavy atom. The normalized spacial score (nSPS) is 23.6. The highest BCUT2D eigenvalue weighted by atomic mass is 32.2. The average Bonchev–Trinajstić information content (AvgIpc) is 2.79. The molecule has 32 heavy (non-hydrogen) atoms. The van der Waals surface area contributed by atoms with Crippen molar-refractivity contribution in [2.75, 3.05) is 13.2 Å². The molecular weight excluding hydrogens is 435 g/mol. The minimum absolute atomic E-state index is 0.00784. The lowest BCUT2D eigenvalue weighted by Gasteiger charge is -2.37. The molecule has 0 aromatic heterocycles. The van der Waals surface area contributed by atoms with E-state index in [0.717, 1.165) is 24.1 Å². The predicted octanol–water partition coefficient (Wildman–Crippen LogP) is 1.99. The second kappa shape index (κ2) is 9.66. The number of hydrogen-bond acceptors (Lipinski definition) is 5. The smallest absolute Gasteiger partial charge is 0.240 e. The monoisotopic (exact) mass is 462 g/mol. The van der Waals surface area contributed by atoms with Gasteiger partial charge in [-0.15, -0.1) is 0 Å². The quantitative estimate of drug-likeness (QED) is 0.685. The van der Waals surface area contributed by atoms with Crippen molar-refractivity contribution >= 4 is 15.9 Å². The van der Waals surface area contributed by atoms with E-state index in [1.54, 1.807) is 0 Å². The van der Waals surface area contributed by atoms with Gasteiger partial charge in [0.2, 0.25) is 15.9 Å². The Morgan fingerprint density at radius 2 is 1.84 bits per heavy atom. The molecule has 2 heterocycles. The Kier molecular flexibility index (Phi) is 6.90. The molecule has 0 aliphatic carbocycles. The summed E-state index contributed by atoms with van der Waals surface area (Å²) in [6.45, 7) is 0.857. The lowest BCUT2D eigenvalue weighted by Crippen LogP contribution is -2.51. The SMILES string of the molecule is O=C(C[C@H]1CC[C@H](NS(=O)(=O)c2ccc(F)cc2)[C@@H](CO)O1)N1CCc2ccccc2C1. The van der Waals surface area contributed by atoms with E-state index in [2.05, 4.69) is 10.8 Å². The van der Waals surface area contributed by atoms with Crippen molar-refractivity contribution in [3.8, 4) is 0 Å². The number of carbonyl (C=O) groups excluding carboxylic acids is 1. The van der Waals surface area contributed by atoms with Crippen LogP contribution in [0.2, 0.25) is 0 Å². The Hall–Kier alpha value is -2.33. The van der Waals surface area contributed by atoms with E-state index < -0.39 is 28.0 Å². The van der Waals surface area contributed by atoms with Crippen LogP contribution in [0.4, 0.5) is 4.39 Å². The van der Waals surface area contributed by atoms with Gasteiger partial charge in [0.25, 0.3) is 0 Å². The third kappa shape index (κ3) is 5.17. The summed E-state index contributed by atoms with van der Waals surface area (Å²) in [5.41, 5.74) is 2.42. The van der Waals surface area contributed by atoms with Gasteiger partial charge in [-0.2, -0.15) is 0 Å². The second-order valence-electron chi connectivity index (χ2n) is 8.28. The van der Waals surface area contributed by atoms with Crippen LogP contribution in [0.1, 0.15) is 30.4 Å². The highest BCUT2D eigenvalue weighted by Gasteiger charge is 2.35. The molecule has 1 fully saturated rings. The van der Waals surface area contributed by atoms with Crippen molar-refractivity contribution in [2.45, 2.75) is 55.4 Å². The van der Waals surface area contributed by atoms with Crippen LogP contribution < -0.4 is 4.72 Å². The number of amides is 1. The summed E-state index contributed by atoms with van der Waals surface area (Å²) >= 11 is 0. The molecule has 2 aliphatic heterocycles. The Bertz CT molecular complexity index is 1060. The number of sulfonamides is 1. The minimum Gasteiger partial charge on any atom is -0.394 e. The molecule has 1 saturated heterocycles. The summed E-state index contributed by atoms with van der Waals surface area (Å²) in [4.78, 5) is 14.6. The lowest BCUT2D eigenvalue weighted by atomic mass is 9.96. The largest absolute Gasteiger partial charge is 0.394 e. The first-order valence-electron chi connectivity index (χ1n) is 10.7. The molecule has 0 bridgehead atoms. The van der Waals surface area contributed by atoms with Crippen LogP contribution in [-0.2, 0) is 32.5 Å². The van der Waals surface area contributed by atoms with E-state index in [0.29, 0.717) is 25.9 Å². The van der Waals surface area contributed by atoms with Crippen molar-refractivity contribution in [3.63, 3.8) is 0 Å². The van der Waals surface area contributed by atoms with E-state index in [1.807, 2.05) is 23.1 Å². The van der Waals surface area contributed by atoms with Gasteiger partial charge in [0.15, 0.2) is 0 Å². The number of benzene rings is 2. The average molecular weight is 463 g/mol. The van der Waals surface area contributed by atoms with E-state index in [1.165, 1.54) is 17.7 Å². The van der Waals surface area contributed by atoms with Gasteiger partial charge in [0, 0.05) is 13.1 Å². The topological polar surface area (TPSA) is 95.9 Å². The minimum atomic E-state index is -3.89. The fraction of sp³-hybridized carbons (Fsp3) is 0.435. The third-order valence-corrected chi connectivity index (χ3v) is 7.62. The number of ether oxygens (including phenoxy) is 1. The Balaban J connectivity index is 1.34. The summed E-state index contributed by atoms with van der Waals surface area (Å²) in [7, 11) is -3.89. The number of fused-ring (bicyclic) bond motifs is 1. The molecule has 4 rings (SSSR count). The third-order valence-electron chi connectivity index (χ3n) is 6.11. The predicted molar refractivity (Wildman–Crippen MR) is 116 cm³/mol. The maximum atomic E-state index is 13.1. The molecule has 2 N–H and O–H groups in total. The Labute approximate surface area is 187 Å². The van der Waals surface area contributed by atoms with E-state index in [9.17, 15) is 22.7 Å². The van der Waals surface area contributed by atoms with Gasteiger partial charge in [-0.05, 0) is 54.7 Å². The maximum Gasteiger partial charge on any atom is 0.240 e. The molecule has 2 aromatic rings. The van der Waals surface area contributed by atoms with Crippen LogP contribution in [-0.4, -0.2) is 55.7 Å². The van der Waals surface area contributed by atoms with Crippen LogP contribution in [0.15, 0.2) is 53.4 Å². The van der Waals surface area contributed by atoms with Crippen molar-refractivity contribution in [1.82, 2.24) is 9.62 Å². The van der Waals surface area contributed by atoms with Gasteiger partial charge in [0.05, 0.1) is 36.2 Å². The molecule has 0 saturated carbocycles. The number of nitrogens with one attached hydrogen (secondary N) is 1. The van der Waals surface area contributed by atoms with Crippen molar-refractivity contribution in [3.05, 3.63) is 65.5 Å². The summed E-state index contributed by atoms with van der Waals surface area (Å²) < 4.78 is 46.8. The second-order valence-corrected chi connectivity index (χ2v) is 9.99. The summed E-state index contributed by atoms with van der Waals surface area (Å²) in [6.07, 6.45) is 0.772. The highest BCUT2D eigenvalue weighted by molar-refractivity contribution is 7.89. The van der Waals surface area contributed by atoms with Crippen LogP contribution in [0.5, 0.6) is 0 Å². The van der Waals surface area contributed by atoms with Gasteiger partial charge in [-0.3, -0.25) is 4.79 Å². The van der Waals surface area contributed by atoms with Crippen LogP contribution in [0, 0.1) is 5.82 Å². The molecular formula is C23H27FN2O5S. The van der Waals surface area contributed by atoms with Crippen LogP contribution in [0.25, 0.3) is 0 Å². The zero-order valence-corrected chi connectivity index (χ0v) is 18.4. The molecule has 9 heteroatoms. The summed E-state index contributed by atoms with van der Waals surface area (Å²) in [6, 6.07) is 12.0. The van der Waals surface area contributed by atoms with Crippen molar-refractivity contribution in [2.24, 2.45) is 0 Å². The molecule has 0 unspecified atom stereocenters. The van der Waals surface area contributed by atoms with Gasteiger partial charge >= 0.3 is 0 Å². The molecule has 2 aromatic carbocycles. The fourth-order valence-electron chi connectivity index (χ4n) is 4.33. The number of carbonyl (C=O) groups is 1. The molecule has 0 radical (unpaired) electrons. The van der Waals surface area contributed by atoms with E-state index in [4.69, 9.17) is 4.74 Å². The molecule has 172 valence electrons. The molecule has 7 nitrogen and oxygen atoms in total. The van der Waals surface area contributed by atoms with E-state index >= 15 is 0 Å². The molecule has 2 aliphatic rings. The van der Waals surface area contributed by atoms with E-state index in [-0.39, 0.29) is 29.9 Å². The van der Waals surface area contributed by atoms with Gasteiger partial charge in [0.1, 0.15) is 5.82 Å². The number of aliphatic hydroxyl groups excluding tert-OH is 1. The van der Waals surface area contributed by atoms with Crippen LogP contribution in [0.3, 0.4) is 0 Å². The lowest BCUT2D eigenvalue weighted by molar-refractivity contribution is -0.140. The highest BCUT2D eigenvalue weighted by Crippen LogP contribution is 2.26. The van der Waals surface area contributed by atoms with Crippen molar-refractivity contribution in [1.29, 1.82) is 0 Å². The first-order chi connectivity index (χ1) is 15.4. The number of nitrogens with zero attached hydrogens (tertiary/aromatic N) is 1. The standard InChI is InChI=1S/C23H27FN2O5S/c24-18-5-8-20(9-6-18)32(29,30)25-21-10-7-19(31-22(21)15-27)13-23(28)26-12-11-16-3-1-2-4-17(16)14-26/h1-6,8-9,19,21-22,25,27H,7,10-15H2/t19-,21+,22-/m1/s1. The zero-order chi connectivity index (χ0) is 22.7. The van der Waals surface area contributed by atoms with Gasteiger partial charge < -0.3 is 14.7 Å². The number of aliphatic hydroxyl groups is 1. The number of halogens is 1. The van der Waals surface area contributed by atoms with Crippen LogP contribution >= 0.6 is 0 Å². The molecule has 1 amide bonds. The molecule has 0 spiro atoms. The number of rotatable bonds is 6. The molecule has 3 atom stereocenters. The number of hydrogen-bond donors (Lipinski definition) is 2. The zero-order valence-electron chi connectivity index (χ0n) is 17.6. The maximum absolute atomic E-state index is 13.1. The fourth-order valence-corrected chi connectivity index (χ4v) is 5.63. The Morgan fingerprint density at radius 3 is 2.56 bits per heavy atom. The summed E-state index contributed by atoms with van der Waals surface area (Å²) in [5, 5.41) is 9.77. The van der Waals surface area contributed by atoms with Gasteiger partial charge in [-0.1, -0.05) is 24.3 Å².